The van der Waals surface area contributed by atoms with Crippen LogP contribution in [0.2, 0.25) is 0 Å². The molecule has 19 heavy (non-hydrogen) atoms. The van der Waals surface area contributed by atoms with Crippen molar-refractivity contribution in [3.05, 3.63) is 30.6 Å². The maximum Gasteiger partial charge on any atom is 0.243 e. The first-order chi connectivity index (χ1) is 9.24. The lowest BCUT2D eigenvalue weighted by Crippen LogP contribution is -2.40. The van der Waals surface area contributed by atoms with Gasteiger partial charge in [0.15, 0.2) is 0 Å². The molecule has 1 aromatic heterocycles. The standard InChI is InChI=1S/C14H20N4O/c1-3-11-8-16-14(17-9-11)18-7-5-6-12(18)10-15-13(19)4-2/h4,8-9,12H,2-3,5-7,10H2,1H3,(H,15,19)/t12-/m0/s1. The highest BCUT2D eigenvalue weighted by atomic mass is 16.1. The van der Waals surface area contributed by atoms with Crippen LogP contribution in [0.25, 0.3) is 0 Å². The van der Waals surface area contributed by atoms with E-state index in [2.05, 4.69) is 33.7 Å². The largest absolute Gasteiger partial charge is 0.351 e. The van der Waals surface area contributed by atoms with Gasteiger partial charge in [0.05, 0.1) is 0 Å². The number of hydrogen-bond donors (Lipinski definition) is 1. The predicted molar refractivity (Wildman–Crippen MR) is 75.0 cm³/mol. The Kier molecular flexibility index (Phi) is 4.49. The number of amides is 1. The molecule has 1 N–H and O–H groups in total. The summed E-state index contributed by atoms with van der Waals surface area (Å²) in [6.45, 7) is 7.10. The average molecular weight is 260 g/mol. The molecule has 1 aromatic rings. The van der Waals surface area contributed by atoms with E-state index in [9.17, 15) is 4.79 Å². The Labute approximate surface area is 113 Å². The van der Waals surface area contributed by atoms with Crippen molar-refractivity contribution >= 4 is 11.9 Å². The van der Waals surface area contributed by atoms with Crippen molar-refractivity contribution in [2.75, 3.05) is 18.0 Å². The summed E-state index contributed by atoms with van der Waals surface area (Å²) in [5.41, 5.74) is 1.14. The van der Waals surface area contributed by atoms with Gasteiger partial charge in [0, 0.05) is 31.5 Å². The number of nitrogens with one attached hydrogen (secondary N) is 1. The third kappa shape index (κ3) is 3.30. The number of nitrogens with zero attached hydrogens (tertiary/aromatic N) is 3. The lowest BCUT2D eigenvalue weighted by molar-refractivity contribution is -0.116. The fourth-order valence-corrected chi connectivity index (χ4v) is 2.28. The van der Waals surface area contributed by atoms with Gasteiger partial charge < -0.3 is 10.2 Å². The highest BCUT2D eigenvalue weighted by Crippen LogP contribution is 2.21. The van der Waals surface area contributed by atoms with E-state index in [0.717, 1.165) is 37.3 Å². The van der Waals surface area contributed by atoms with Gasteiger partial charge in [0.2, 0.25) is 11.9 Å². The van der Waals surface area contributed by atoms with Crippen molar-refractivity contribution in [3.8, 4) is 0 Å². The van der Waals surface area contributed by atoms with Gasteiger partial charge in [-0.15, -0.1) is 0 Å². The summed E-state index contributed by atoms with van der Waals surface area (Å²) in [4.78, 5) is 22.2. The zero-order valence-electron chi connectivity index (χ0n) is 11.3. The molecule has 1 aliphatic heterocycles. The van der Waals surface area contributed by atoms with Gasteiger partial charge in [-0.1, -0.05) is 13.5 Å². The van der Waals surface area contributed by atoms with Crippen molar-refractivity contribution < 1.29 is 4.79 Å². The summed E-state index contributed by atoms with van der Waals surface area (Å²) in [6, 6.07) is 0.274. The Balaban J connectivity index is 2.00. The smallest absolute Gasteiger partial charge is 0.243 e. The van der Waals surface area contributed by atoms with Gasteiger partial charge in [-0.3, -0.25) is 4.79 Å². The monoisotopic (exact) mass is 260 g/mol. The maximum absolute atomic E-state index is 11.2. The minimum atomic E-state index is -0.130. The molecule has 0 saturated carbocycles. The number of carbonyl (C=O) groups is 1. The highest BCUT2D eigenvalue weighted by molar-refractivity contribution is 5.86. The minimum Gasteiger partial charge on any atom is -0.351 e. The van der Waals surface area contributed by atoms with Crippen LogP contribution in [-0.4, -0.2) is 35.0 Å². The second kappa shape index (κ2) is 6.31. The highest BCUT2D eigenvalue weighted by Gasteiger charge is 2.26. The van der Waals surface area contributed by atoms with Crippen LogP contribution in [-0.2, 0) is 11.2 Å². The number of carbonyl (C=O) groups excluding carboxylic acids is 1. The van der Waals surface area contributed by atoms with E-state index in [1.54, 1.807) is 0 Å². The van der Waals surface area contributed by atoms with Gasteiger partial charge in [-0.25, -0.2) is 9.97 Å². The van der Waals surface area contributed by atoms with Crippen molar-refractivity contribution in [3.63, 3.8) is 0 Å². The first-order valence-electron chi connectivity index (χ1n) is 6.72. The Bertz CT molecular complexity index is 443. The Morgan fingerprint density at radius 1 is 1.58 bits per heavy atom. The van der Waals surface area contributed by atoms with Crippen LogP contribution in [0.1, 0.15) is 25.3 Å². The van der Waals surface area contributed by atoms with E-state index in [4.69, 9.17) is 0 Å². The third-order valence-electron chi connectivity index (χ3n) is 3.43. The van der Waals surface area contributed by atoms with E-state index < -0.39 is 0 Å². The zero-order valence-corrected chi connectivity index (χ0v) is 11.3. The van der Waals surface area contributed by atoms with Crippen molar-refractivity contribution in [1.82, 2.24) is 15.3 Å². The first kappa shape index (κ1) is 13.5. The molecule has 1 saturated heterocycles. The molecular formula is C14H20N4O. The molecule has 0 aliphatic carbocycles. The number of aryl methyl sites for hydroxylation is 1. The predicted octanol–water partition coefficient (Wildman–Crippen LogP) is 1.31. The summed E-state index contributed by atoms with van der Waals surface area (Å²) in [6.07, 6.45) is 8.15. The van der Waals surface area contributed by atoms with Crippen molar-refractivity contribution in [1.29, 1.82) is 0 Å². The molecule has 1 amide bonds. The molecule has 0 aromatic carbocycles. The summed E-state index contributed by atoms with van der Waals surface area (Å²) in [5, 5.41) is 2.84. The number of hydrogen-bond acceptors (Lipinski definition) is 4. The fourth-order valence-electron chi connectivity index (χ4n) is 2.28. The van der Waals surface area contributed by atoms with Crippen molar-refractivity contribution in [2.45, 2.75) is 32.2 Å². The molecule has 0 spiro atoms. The van der Waals surface area contributed by atoms with Crippen LogP contribution in [0.15, 0.2) is 25.0 Å². The third-order valence-corrected chi connectivity index (χ3v) is 3.43. The molecule has 2 heterocycles. The number of anilines is 1. The minimum absolute atomic E-state index is 0.130. The molecule has 0 unspecified atom stereocenters. The second-order valence-electron chi connectivity index (χ2n) is 4.68. The SMILES string of the molecule is C=CC(=O)NC[C@@H]1CCCN1c1ncc(CC)cn1. The molecule has 5 nitrogen and oxygen atoms in total. The molecule has 102 valence electrons. The van der Waals surface area contributed by atoms with Gasteiger partial charge in [0.1, 0.15) is 0 Å². The summed E-state index contributed by atoms with van der Waals surface area (Å²) in [7, 11) is 0. The van der Waals surface area contributed by atoms with Crippen LogP contribution in [0.3, 0.4) is 0 Å². The molecule has 1 fully saturated rings. The number of aromatic nitrogens is 2. The Morgan fingerprint density at radius 2 is 2.32 bits per heavy atom. The molecule has 0 radical (unpaired) electrons. The Hall–Kier alpha value is -1.91. The summed E-state index contributed by atoms with van der Waals surface area (Å²) >= 11 is 0. The van der Waals surface area contributed by atoms with E-state index in [-0.39, 0.29) is 11.9 Å². The van der Waals surface area contributed by atoms with Gasteiger partial charge in [-0.2, -0.15) is 0 Å². The molecule has 5 heteroatoms. The molecule has 2 rings (SSSR count). The lowest BCUT2D eigenvalue weighted by Gasteiger charge is -2.24. The van der Waals surface area contributed by atoms with E-state index in [1.807, 2.05) is 12.4 Å². The molecular weight excluding hydrogens is 240 g/mol. The van der Waals surface area contributed by atoms with Crippen LogP contribution in [0.4, 0.5) is 5.95 Å². The van der Waals surface area contributed by atoms with Crippen molar-refractivity contribution in [2.24, 2.45) is 0 Å². The van der Waals surface area contributed by atoms with E-state index >= 15 is 0 Å². The summed E-state index contributed by atoms with van der Waals surface area (Å²) < 4.78 is 0. The summed E-state index contributed by atoms with van der Waals surface area (Å²) in [5.74, 6) is 0.627. The van der Waals surface area contributed by atoms with E-state index in [1.165, 1.54) is 6.08 Å². The second-order valence-corrected chi connectivity index (χ2v) is 4.68. The lowest BCUT2D eigenvalue weighted by atomic mass is 10.2. The van der Waals surface area contributed by atoms with Crippen LogP contribution < -0.4 is 10.2 Å². The van der Waals surface area contributed by atoms with E-state index in [0.29, 0.717) is 6.54 Å². The first-order valence-corrected chi connectivity index (χ1v) is 6.72. The van der Waals surface area contributed by atoms with Crippen LogP contribution in [0.5, 0.6) is 0 Å². The maximum atomic E-state index is 11.2. The van der Waals surface area contributed by atoms with Crippen LogP contribution >= 0.6 is 0 Å². The average Bonchev–Trinajstić information content (AvgIpc) is 2.93. The normalized spacial score (nSPS) is 18.4. The fraction of sp³-hybridized carbons (Fsp3) is 0.500. The van der Waals surface area contributed by atoms with Crippen LogP contribution in [0, 0.1) is 0 Å². The molecule has 1 aliphatic rings. The van der Waals surface area contributed by atoms with Gasteiger partial charge in [-0.05, 0) is 30.9 Å². The molecule has 1 atom stereocenters. The quantitative estimate of drug-likeness (QED) is 0.811. The Morgan fingerprint density at radius 3 is 2.95 bits per heavy atom. The molecule has 0 bridgehead atoms. The topological polar surface area (TPSA) is 58.1 Å². The zero-order chi connectivity index (χ0) is 13.7. The number of rotatable bonds is 5. The van der Waals surface area contributed by atoms with Gasteiger partial charge >= 0.3 is 0 Å². The van der Waals surface area contributed by atoms with Gasteiger partial charge in [0.25, 0.3) is 0 Å².